The van der Waals surface area contributed by atoms with Crippen LogP contribution in [0.2, 0.25) is 0 Å². The SMILES string of the molecule is [CH2]C(CC)(CC)c1ccccc1OC. The molecule has 0 saturated carbocycles. The molecule has 0 fully saturated rings. The lowest BCUT2D eigenvalue weighted by molar-refractivity contribution is 0.388. The third kappa shape index (κ3) is 1.92. The van der Waals surface area contributed by atoms with E-state index in [9.17, 15) is 0 Å². The number of para-hydroxylation sites is 1. The summed E-state index contributed by atoms with van der Waals surface area (Å²) in [4.78, 5) is 0. The van der Waals surface area contributed by atoms with Crippen LogP contribution in [-0.4, -0.2) is 7.11 Å². The second-order valence-corrected chi connectivity index (χ2v) is 3.69. The van der Waals surface area contributed by atoms with Crippen LogP contribution in [0.15, 0.2) is 24.3 Å². The molecule has 77 valence electrons. The predicted octanol–water partition coefficient (Wildman–Crippen LogP) is 3.59. The van der Waals surface area contributed by atoms with E-state index in [1.54, 1.807) is 7.11 Å². The number of hydrogen-bond acceptors (Lipinski definition) is 1. The van der Waals surface area contributed by atoms with Crippen LogP contribution in [0.4, 0.5) is 0 Å². The lowest BCUT2D eigenvalue weighted by atomic mass is 9.77. The molecule has 0 unspecified atom stereocenters. The van der Waals surface area contributed by atoms with Crippen molar-refractivity contribution >= 4 is 0 Å². The fourth-order valence-corrected chi connectivity index (χ4v) is 1.71. The minimum absolute atomic E-state index is 0.00734. The van der Waals surface area contributed by atoms with Gasteiger partial charge in [0.15, 0.2) is 0 Å². The Morgan fingerprint density at radius 3 is 2.29 bits per heavy atom. The van der Waals surface area contributed by atoms with E-state index in [0.29, 0.717) is 0 Å². The van der Waals surface area contributed by atoms with Crippen molar-refractivity contribution in [2.75, 3.05) is 7.11 Å². The second-order valence-electron chi connectivity index (χ2n) is 3.69. The maximum absolute atomic E-state index is 5.36. The summed E-state index contributed by atoms with van der Waals surface area (Å²) in [6.07, 6.45) is 2.06. The first-order chi connectivity index (χ1) is 6.68. The number of rotatable bonds is 4. The summed E-state index contributed by atoms with van der Waals surface area (Å²) < 4.78 is 5.36. The summed E-state index contributed by atoms with van der Waals surface area (Å²) in [7, 11) is 1.71. The molecule has 0 atom stereocenters. The van der Waals surface area contributed by atoms with Crippen LogP contribution < -0.4 is 4.74 Å². The average Bonchev–Trinajstić information content (AvgIpc) is 2.28. The Bertz CT molecular complexity index is 287. The van der Waals surface area contributed by atoms with Gasteiger partial charge in [-0.05, 0) is 31.2 Å². The van der Waals surface area contributed by atoms with E-state index in [1.165, 1.54) is 5.56 Å². The minimum Gasteiger partial charge on any atom is -0.496 e. The molecule has 1 rings (SSSR count). The molecule has 1 aromatic rings. The van der Waals surface area contributed by atoms with E-state index in [4.69, 9.17) is 4.74 Å². The molecule has 0 N–H and O–H groups in total. The monoisotopic (exact) mass is 191 g/mol. The molecule has 0 aliphatic heterocycles. The average molecular weight is 191 g/mol. The minimum atomic E-state index is -0.00734. The zero-order chi connectivity index (χ0) is 10.6. The van der Waals surface area contributed by atoms with Crippen LogP contribution in [0.5, 0.6) is 5.75 Å². The number of benzene rings is 1. The van der Waals surface area contributed by atoms with Crippen molar-refractivity contribution in [2.45, 2.75) is 32.1 Å². The van der Waals surface area contributed by atoms with Crippen LogP contribution in [0.25, 0.3) is 0 Å². The van der Waals surface area contributed by atoms with Crippen molar-refractivity contribution < 1.29 is 4.74 Å². The van der Waals surface area contributed by atoms with Crippen LogP contribution in [-0.2, 0) is 5.41 Å². The summed E-state index contributed by atoms with van der Waals surface area (Å²) >= 11 is 0. The largest absolute Gasteiger partial charge is 0.496 e. The van der Waals surface area contributed by atoms with E-state index in [1.807, 2.05) is 18.2 Å². The molecule has 1 aromatic carbocycles. The van der Waals surface area contributed by atoms with Gasteiger partial charge in [0.05, 0.1) is 7.11 Å². The molecule has 0 spiro atoms. The van der Waals surface area contributed by atoms with Crippen molar-refractivity contribution in [1.82, 2.24) is 0 Å². The van der Waals surface area contributed by atoms with Gasteiger partial charge in [0.1, 0.15) is 5.75 Å². The van der Waals surface area contributed by atoms with Gasteiger partial charge in [-0.3, -0.25) is 0 Å². The Hall–Kier alpha value is -0.980. The first-order valence-corrected chi connectivity index (χ1v) is 5.16. The van der Waals surface area contributed by atoms with Crippen LogP contribution >= 0.6 is 0 Å². The third-order valence-corrected chi connectivity index (χ3v) is 3.03. The van der Waals surface area contributed by atoms with E-state index in [-0.39, 0.29) is 5.41 Å². The van der Waals surface area contributed by atoms with Crippen LogP contribution in [0.3, 0.4) is 0 Å². The highest BCUT2D eigenvalue weighted by Gasteiger charge is 2.25. The number of methoxy groups -OCH3 is 1. The summed E-state index contributed by atoms with van der Waals surface area (Å²) in [5, 5.41) is 0. The van der Waals surface area contributed by atoms with Gasteiger partial charge in [0.25, 0.3) is 0 Å². The molecule has 0 bridgehead atoms. The molecular weight excluding hydrogens is 172 g/mol. The maximum atomic E-state index is 5.36. The van der Waals surface area contributed by atoms with Gasteiger partial charge in [-0.15, -0.1) is 0 Å². The van der Waals surface area contributed by atoms with Gasteiger partial charge < -0.3 is 4.74 Å². The van der Waals surface area contributed by atoms with Crippen molar-refractivity contribution in [3.63, 3.8) is 0 Å². The Labute approximate surface area is 87.1 Å². The van der Waals surface area contributed by atoms with E-state index < -0.39 is 0 Å². The van der Waals surface area contributed by atoms with Gasteiger partial charge in [-0.2, -0.15) is 0 Å². The fraction of sp³-hybridized carbons (Fsp3) is 0.462. The predicted molar refractivity (Wildman–Crippen MR) is 60.6 cm³/mol. The molecule has 1 nitrogen and oxygen atoms in total. The van der Waals surface area contributed by atoms with E-state index in [2.05, 4.69) is 26.8 Å². The molecule has 14 heavy (non-hydrogen) atoms. The Kier molecular flexibility index (Phi) is 3.56. The summed E-state index contributed by atoms with van der Waals surface area (Å²) in [6.45, 7) is 8.64. The summed E-state index contributed by atoms with van der Waals surface area (Å²) in [5.74, 6) is 0.950. The lowest BCUT2D eigenvalue weighted by Crippen LogP contribution is -2.20. The topological polar surface area (TPSA) is 9.23 Å². The third-order valence-electron chi connectivity index (χ3n) is 3.03. The van der Waals surface area contributed by atoms with Gasteiger partial charge in [0.2, 0.25) is 0 Å². The Morgan fingerprint density at radius 2 is 1.79 bits per heavy atom. The summed E-state index contributed by atoms with van der Waals surface area (Å²) in [5.41, 5.74) is 1.21. The standard InChI is InChI=1S/C13H19O/c1-5-13(3,6-2)11-9-7-8-10-12(11)14-4/h7-10H,3,5-6H2,1-2,4H3. The number of ether oxygens (including phenoxy) is 1. The lowest BCUT2D eigenvalue weighted by Gasteiger charge is -2.28. The van der Waals surface area contributed by atoms with Crippen LogP contribution in [0, 0.1) is 6.92 Å². The van der Waals surface area contributed by atoms with Crippen molar-refractivity contribution in [3.05, 3.63) is 36.8 Å². The molecule has 1 heteroatoms. The van der Waals surface area contributed by atoms with Crippen LogP contribution in [0.1, 0.15) is 32.3 Å². The second kappa shape index (κ2) is 4.50. The van der Waals surface area contributed by atoms with E-state index in [0.717, 1.165) is 18.6 Å². The smallest absolute Gasteiger partial charge is 0.122 e. The Balaban J connectivity index is 3.15. The van der Waals surface area contributed by atoms with Gasteiger partial charge >= 0.3 is 0 Å². The zero-order valence-corrected chi connectivity index (χ0v) is 9.34. The number of hydrogen-bond donors (Lipinski definition) is 0. The van der Waals surface area contributed by atoms with Gasteiger partial charge in [-0.1, -0.05) is 32.0 Å². The van der Waals surface area contributed by atoms with Gasteiger partial charge in [-0.25, -0.2) is 0 Å². The van der Waals surface area contributed by atoms with Crippen molar-refractivity contribution in [1.29, 1.82) is 0 Å². The molecular formula is C13H19O. The maximum Gasteiger partial charge on any atom is 0.122 e. The molecule has 0 aliphatic carbocycles. The van der Waals surface area contributed by atoms with Crippen molar-refractivity contribution in [2.24, 2.45) is 0 Å². The molecule has 0 aliphatic rings. The highest BCUT2D eigenvalue weighted by molar-refractivity contribution is 5.40. The first kappa shape index (κ1) is 11.1. The molecule has 0 amide bonds. The zero-order valence-electron chi connectivity index (χ0n) is 9.34. The summed E-state index contributed by atoms with van der Waals surface area (Å²) in [6, 6.07) is 8.15. The van der Waals surface area contributed by atoms with E-state index >= 15 is 0 Å². The fourth-order valence-electron chi connectivity index (χ4n) is 1.71. The normalized spacial score (nSPS) is 11.4. The molecule has 0 aromatic heterocycles. The first-order valence-electron chi connectivity index (χ1n) is 5.16. The molecule has 1 radical (unpaired) electrons. The quantitative estimate of drug-likeness (QED) is 0.706. The highest BCUT2D eigenvalue weighted by atomic mass is 16.5. The van der Waals surface area contributed by atoms with Gasteiger partial charge in [0, 0.05) is 5.56 Å². The molecule has 0 saturated heterocycles. The highest BCUT2D eigenvalue weighted by Crippen LogP contribution is 2.36. The molecule has 0 heterocycles. The Morgan fingerprint density at radius 1 is 1.21 bits per heavy atom. The van der Waals surface area contributed by atoms with Crippen molar-refractivity contribution in [3.8, 4) is 5.75 Å².